The highest BCUT2D eigenvalue weighted by Gasteiger charge is 2.25. The Morgan fingerprint density at radius 3 is 2.33 bits per heavy atom. The van der Waals surface area contributed by atoms with Gasteiger partial charge in [0.05, 0.1) is 60.3 Å². The van der Waals surface area contributed by atoms with Crippen molar-refractivity contribution in [2.24, 2.45) is 0 Å². The van der Waals surface area contributed by atoms with E-state index < -0.39 is 13.7 Å². The second kappa shape index (κ2) is 11.9. The number of fused-ring (bicyclic) bond motifs is 1. The van der Waals surface area contributed by atoms with Crippen LogP contribution < -0.4 is 0 Å². The van der Waals surface area contributed by atoms with Crippen LogP contribution >= 0.6 is 7.60 Å². The molecule has 0 saturated heterocycles. The van der Waals surface area contributed by atoms with E-state index in [9.17, 15) is 9.46 Å². The number of nitrogens with zero attached hydrogens (tertiary/aromatic N) is 1. The van der Waals surface area contributed by atoms with Crippen LogP contribution in [0.3, 0.4) is 0 Å². The second-order valence-corrected chi connectivity index (χ2v) is 11.2. The highest BCUT2D eigenvalue weighted by molar-refractivity contribution is 7.52. The summed E-state index contributed by atoms with van der Waals surface area (Å²) in [4.78, 5) is 10.3. The Bertz CT molecular complexity index is 1050. The summed E-state index contributed by atoms with van der Waals surface area (Å²) in [7, 11) is 2.22. The molecule has 3 aromatic rings. The van der Waals surface area contributed by atoms with E-state index in [-0.39, 0.29) is 19.4 Å². The molecular formula is C26H35NO5P+. The molecule has 7 heteroatoms. The molecule has 33 heavy (non-hydrogen) atoms. The molecule has 178 valence electrons. The van der Waals surface area contributed by atoms with E-state index in [0.29, 0.717) is 24.2 Å². The predicted octanol–water partition coefficient (Wildman–Crippen LogP) is 4.85. The number of quaternary nitrogens is 1. The molecule has 0 bridgehead atoms. The van der Waals surface area contributed by atoms with Gasteiger partial charge in [-0.3, -0.25) is 4.57 Å². The van der Waals surface area contributed by atoms with Crippen molar-refractivity contribution in [1.29, 1.82) is 0 Å². The Balaban J connectivity index is 1.62. The van der Waals surface area contributed by atoms with Crippen LogP contribution in [0, 0.1) is 0 Å². The smallest absolute Gasteiger partial charge is 0.333 e. The minimum absolute atomic E-state index is 0.00945. The van der Waals surface area contributed by atoms with Crippen LogP contribution in [0.15, 0.2) is 72.8 Å². The van der Waals surface area contributed by atoms with Gasteiger partial charge < -0.3 is 23.4 Å². The minimum atomic E-state index is -3.72. The molecule has 2 atom stereocenters. The summed E-state index contributed by atoms with van der Waals surface area (Å²) in [5, 5.41) is 2.27. The van der Waals surface area contributed by atoms with Crippen molar-refractivity contribution >= 4 is 18.4 Å². The van der Waals surface area contributed by atoms with E-state index in [0.717, 1.165) is 21.9 Å². The van der Waals surface area contributed by atoms with Crippen LogP contribution in [0.2, 0.25) is 0 Å². The first-order valence-corrected chi connectivity index (χ1v) is 12.9. The van der Waals surface area contributed by atoms with Gasteiger partial charge in [-0.25, -0.2) is 0 Å². The fourth-order valence-electron chi connectivity index (χ4n) is 3.34. The SMILES string of the molecule is C[N+](C)(C)CCP(=O)(O)OCC(COCc1ccccc1)OCc1cccc2ccccc12. The van der Waals surface area contributed by atoms with Gasteiger partial charge in [0.15, 0.2) is 0 Å². The van der Waals surface area contributed by atoms with Crippen molar-refractivity contribution in [2.45, 2.75) is 19.3 Å². The zero-order chi connectivity index (χ0) is 23.7. The van der Waals surface area contributed by atoms with E-state index in [1.807, 2.05) is 75.7 Å². The van der Waals surface area contributed by atoms with Crippen LogP contribution in [-0.2, 0) is 31.8 Å². The molecule has 1 N–H and O–H groups in total. The Kier molecular flexibility index (Phi) is 9.21. The number of hydrogen-bond acceptors (Lipinski definition) is 4. The van der Waals surface area contributed by atoms with E-state index in [4.69, 9.17) is 14.0 Å². The van der Waals surface area contributed by atoms with E-state index in [1.54, 1.807) is 0 Å². The predicted molar refractivity (Wildman–Crippen MR) is 132 cm³/mol. The van der Waals surface area contributed by atoms with Crippen molar-refractivity contribution in [2.75, 3.05) is 47.1 Å². The summed E-state index contributed by atoms with van der Waals surface area (Å²) >= 11 is 0. The Hall–Kier alpha value is -2.05. The molecule has 0 fully saturated rings. The number of ether oxygens (including phenoxy) is 2. The van der Waals surface area contributed by atoms with Gasteiger partial charge in [0.1, 0.15) is 6.10 Å². The summed E-state index contributed by atoms with van der Waals surface area (Å²) in [6.45, 7) is 1.59. The van der Waals surface area contributed by atoms with Crippen molar-refractivity contribution < 1.29 is 27.9 Å². The highest BCUT2D eigenvalue weighted by atomic mass is 31.2. The molecule has 0 spiro atoms. The summed E-state index contributed by atoms with van der Waals surface area (Å²) in [6, 6.07) is 24.1. The van der Waals surface area contributed by atoms with Gasteiger partial charge in [-0.15, -0.1) is 0 Å². The zero-order valence-corrected chi connectivity index (χ0v) is 20.6. The van der Waals surface area contributed by atoms with Gasteiger partial charge in [0.2, 0.25) is 0 Å². The fourth-order valence-corrected chi connectivity index (χ4v) is 4.72. The number of benzene rings is 3. The quantitative estimate of drug-likeness (QED) is 0.285. The summed E-state index contributed by atoms with van der Waals surface area (Å²) in [6.07, 6.45) is -0.380. The molecule has 0 amide bonds. The molecule has 3 rings (SSSR count). The third kappa shape index (κ3) is 9.01. The molecule has 2 unspecified atom stereocenters. The van der Waals surface area contributed by atoms with Crippen LogP contribution in [-0.4, -0.2) is 62.5 Å². The summed E-state index contributed by atoms with van der Waals surface area (Å²) < 4.78 is 30.6. The standard InChI is InChI=1S/C26H34NO5P/c1-27(2,3)16-17-33(28,29)32-21-25(20-30-18-22-10-5-4-6-11-22)31-19-24-14-9-13-23-12-7-8-15-26(23)24/h4-15,25H,16-21H2,1-3H3/p+1. The van der Waals surface area contributed by atoms with Gasteiger partial charge >= 0.3 is 7.60 Å². The highest BCUT2D eigenvalue weighted by Crippen LogP contribution is 2.42. The Labute approximate surface area is 196 Å². The molecule has 0 radical (unpaired) electrons. The largest absolute Gasteiger partial charge is 0.374 e. The first kappa shape index (κ1) is 25.6. The summed E-state index contributed by atoms with van der Waals surface area (Å²) in [5.41, 5.74) is 2.11. The molecule has 0 aliphatic carbocycles. The molecule has 0 heterocycles. The van der Waals surface area contributed by atoms with Gasteiger partial charge in [-0.05, 0) is 21.9 Å². The van der Waals surface area contributed by atoms with Crippen molar-refractivity contribution in [3.8, 4) is 0 Å². The first-order valence-electron chi connectivity index (χ1n) is 11.2. The van der Waals surface area contributed by atoms with Crippen LogP contribution in [0.5, 0.6) is 0 Å². The first-order chi connectivity index (χ1) is 15.7. The molecule has 0 aliphatic heterocycles. The van der Waals surface area contributed by atoms with Crippen molar-refractivity contribution in [3.63, 3.8) is 0 Å². The maximum atomic E-state index is 12.5. The monoisotopic (exact) mass is 472 g/mol. The zero-order valence-electron chi connectivity index (χ0n) is 19.7. The lowest BCUT2D eigenvalue weighted by molar-refractivity contribution is -0.867. The van der Waals surface area contributed by atoms with Gasteiger partial charge in [-0.1, -0.05) is 72.8 Å². The van der Waals surface area contributed by atoms with Gasteiger partial charge in [0.25, 0.3) is 0 Å². The normalized spacial score (nSPS) is 14.8. The third-order valence-corrected chi connectivity index (χ3v) is 6.60. The van der Waals surface area contributed by atoms with Gasteiger partial charge in [-0.2, -0.15) is 0 Å². The van der Waals surface area contributed by atoms with Crippen LogP contribution in [0.25, 0.3) is 10.8 Å². The van der Waals surface area contributed by atoms with E-state index in [1.165, 1.54) is 0 Å². The Morgan fingerprint density at radius 2 is 1.58 bits per heavy atom. The summed E-state index contributed by atoms with van der Waals surface area (Å²) in [5.74, 6) is 0. The molecular weight excluding hydrogens is 437 g/mol. The topological polar surface area (TPSA) is 65.0 Å². The van der Waals surface area contributed by atoms with Crippen LogP contribution in [0.4, 0.5) is 0 Å². The lowest BCUT2D eigenvalue weighted by atomic mass is 10.1. The third-order valence-electron chi connectivity index (χ3n) is 5.29. The van der Waals surface area contributed by atoms with Crippen molar-refractivity contribution in [3.05, 3.63) is 83.9 Å². The minimum Gasteiger partial charge on any atom is -0.374 e. The lowest BCUT2D eigenvalue weighted by Crippen LogP contribution is -2.37. The van der Waals surface area contributed by atoms with Crippen molar-refractivity contribution in [1.82, 2.24) is 0 Å². The maximum absolute atomic E-state index is 12.5. The number of hydrogen-bond donors (Lipinski definition) is 1. The molecule has 6 nitrogen and oxygen atoms in total. The molecule has 0 aromatic heterocycles. The van der Waals surface area contributed by atoms with Gasteiger partial charge in [0, 0.05) is 0 Å². The molecule has 0 aliphatic rings. The fraction of sp³-hybridized carbons (Fsp3) is 0.385. The maximum Gasteiger partial charge on any atom is 0.333 e. The average molecular weight is 473 g/mol. The Morgan fingerprint density at radius 1 is 0.879 bits per heavy atom. The number of rotatable bonds is 13. The molecule has 0 saturated carbocycles. The second-order valence-electron chi connectivity index (χ2n) is 9.24. The lowest BCUT2D eigenvalue weighted by Gasteiger charge is -2.25. The average Bonchev–Trinajstić information content (AvgIpc) is 2.79. The van der Waals surface area contributed by atoms with E-state index in [2.05, 4.69) is 18.2 Å². The van der Waals surface area contributed by atoms with E-state index >= 15 is 0 Å². The van der Waals surface area contributed by atoms with Crippen LogP contribution in [0.1, 0.15) is 11.1 Å². The molecule has 3 aromatic carbocycles.